The lowest BCUT2D eigenvalue weighted by Gasteiger charge is -2.33. The van der Waals surface area contributed by atoms with Crippen molar-refractivity contribution in [3.05, 3.63) is 23.4 Å². The molecule has 3 N–H and O–H groups in total. The average molecular weight is 272 g/mol. The summed E-state index contributed by atoms with van der Waals surface area (Å²) in [6.45, 7) is 2.77. The summed E-state index contributed by atoms with van der Waals surface area (Å²) >= 11 is 0. The van der Waals surface area contributed by atoms with Crippen LogP contribution in [0.15, 0.2) is 28.4 Å². The van der Waals surface area contributed by atoms with Gasteiger partial charge in [-0.3, -0.25) is 15.4 Å². The van der Waals surface area contributed by atoms with E-state index < -0.39 is 6.10 Å². The van der Waals surface area contributed by atoms with Crippen LogP contribution in [0.1, 0.15) is 26.2 Å². The predicted octanol–water partition coefficient (Wildman–Crippen LogP) is 0.511. The summed E-state index contributed by atoms with van der Waals surface area (Å²) < 4.78 is 0. The van der Waals surface area contributed by atoms with Crippen molar-refractivity contribution in [3.8, 4) is 12.0 Å². The second-order valence-corrected chi connectivity index (χ2v) is 5.24. The van der Waals surface area contributed by atoms with Crippen LogP contribution in [-0.4, -0.2) is 41.2 Å². The van der Waals surface area contributed by atoms with Gasteiger partial charge in [-0.1, -0.05) is 25.0 Å². The number of aliphatic imine (C=N–C) groups is 1. The van der Waals surface area contributed by atoms with Crippen molar-refractivity contribution >= 4 is 6.34 Å². The van der Waals surface area contributed by atoms with Crippen LogP contribution >= 0.6 is 0 Å². The van der Waals surface area contributed by atoms with E-state index >= 15 is 0 Å². The Hall–Kier alpha value is -1.93. The Morgan fingerprint density at radius 3 is 3.35 bits per heavy atom. The number of hydrogen-bond acceptors (Lipinski definition) is 5. The first-order chi connectivity index (χ1) is 9.81. The lowest BCUT2D eigenvalue weighted by molar-refractivity contribution is 0.202. The van der Waals surface area contributed by atoms with Gasteiger partial charge in [0.15, 0.2) is 0 Å². The van der Waals surface area contributed by atoms with Crippen LogP contribution in [0.3, 0.4) is 0 Å². The minimum atomic E-state index is -0.399. The molecule has 3 aliphatic heterocycles. The van der Waals surface area contributed by atoms with E-state index in [0.29, 0.717) is 0 Å². The van der Waals surface area contributed by atoms with Gasteiger partial charge in [0, 0.05) is 12.5 Å². The summed E-state index contributed by atoms with van der Waals surface area (Å²) in [6.07, 6.45) is 7.86. The number of hydrogen-bond donors (Lipinski definition) is 3. The summed E-state index contributed by atoms with van der Waals surface area (Å²) in [4.78, 5) is 4.29. The summed E-state index contributed by atoms with van der Waals surface area (Å²) in [7, 11) is 0. The first kappa shape index (κ1) is 13.1. The Morgan fingerprint density at radius 2 is 2.50 bits per heavy atom. The van der Waals surface area contributed by atoms with Gasteiger partial charge in [0.2, 0.25) is 0 Å². The SMILES string of the molecule is CCC(O)C1=C(C2C=CCC#CN2)N2NC=NCC2C1. The Kier molecular flexibility index (Phi) is 3.66. The summed E-state index contributed by atoms with van der Waals surface area (Å²) in [5, 5.41) is 15.7. The maximum Gasteiger partial charge on any atom is 0.101 e. The number of aliphatic hydroxyl groups is 1. The van der Waals surface area contributed by atoms with Crippen molar-refractivity contribution in [1.82, 2.24) is 15.8 Å². The van der Waals surface area contributed by atoms with Gasteiger partial charge < -0.3 is 10.4 Å². The Balaban J connectivity index is 1.95. The number of rotatable bonds is 3. The van der Waals surface area contributed by atoms with Crippen molar-refractivity contribution in [2.45, 2.75) is 44.4 Å². The van der Waals surface area contributed by atoms with Crippen LogP contribution in [0.25, 0.3) is 0 Å². The third-order valence-corrected chi connectivity index (χ3v) is 3.96. The summed E-state index contributed by atoms with van der Waals surface area (Å²) in [5.41, 5.74) is 5.41. The minimum Gasteiger partial charge on any atom is -0.389 e. The highest BCUT2D eigenvalue weighted by atomic mass is 16.3. The van der Waals surface area contributed by atoms with E-state index in [1.165, 1.54) is 0 Å². The Labute approximate surface area is 119 Å². The van der Waals surface area contributed by atoms with E-state index in [1.54, 1.807) is 6.34 Å². The van der Waals surface area contributed by atoms with Crippen LogP contribution in [0, 0.1) is 12.0 Å². The Morgan fingerprint density at radius 1 is 1.60 bits per heavy atom. The highest BCUT2D eigenvalue weighted by Crippen LogP contribution is 2.33. The molecule has 3 rings (SSSR count). The van der Waals surface area contributed by atoms with Crippen molar-refractivity contribution < 1.29 is 5.11 Å². The standard InChI is InChI=1S/C15H20N4O/c1-2-14(20)12-8-11-9-16-10-18-19(11)15(12)13-6-4-3-5-7-17-13/h4,6,10-11,13-14,17,20H,2-3,8-9H2,1H3,(H,16,18). The molecule has 0 aromatic carbocycles. The zero-order valence-corrected chi connectivity index (χ0v) is 11.6. The normalized spacial score (nSPS) is 29.0. The predicted molar refractivity (Wildman–Crippen MR) is 78.5 cm³/mol. The van der Waals surface area contributed by atoms with E-state index in [2.05, 4.69) is 44.9 Å². The van der Waals surface area contributed by atoms with Gasteiger partial charge in [0.25, 0.3) is 0 Å². The van der Waals surface area contributed by atoms with Gasteiger partial charge in [-0.2, -0.15) is 0 Å². The topological polar surface area (TPSA) is 59.9 Å². The van der Waals surface area contributed by atoms with E-state index in [9.17, 15) is 5.11 Å². The molecular weight excluding hydrogens is 252 g/mol. The van der Waals surface area contributed by atoms with Crippen LogP contribution in [-0.2, 0) is 0 Å². The van der Waals surface area contributed by atoms with Crippen LogP contribution in [0.2, 0.25) is 0 Å². The maximum atomic E-state index is 10.3. The molecule has 0 saturated carbocycles. The number of nitrogens with zero attached hydrogens (tertiary/aromatic N) is 2. The van der Waals surface area contributed by atoms with E-state index in [-0.39, 0.29) is 12.1 Å². The highest BCUT2D eigenvalue weighted by Gasteiger charge is 2.38. The Bertz CT molecular complexity index is 526. The van der Waals surface area contributed by atoms with Gasteiger partial charge in [0.1, 0.15) is 6.34 Å². The molecule has 0 amide bonds. The van der Waals surface area contributed by atoms with E-state index in [0.717, 1.165) is 37.1 Å². The lowest BCUT2D eigenvalue weighted by Crippen LogP contribution is -2.49. The molecule has 5 nitrogen and oxygen atoms in total. The molecule has 20 heavy (non-hydrogen) atoms. The molecule has 3 aliphatic rings. The molecule has 0 aliphatic carbocycles. The van der Waals surface area contributed by atoms with Gasteiger partial charge >= 0.3 is 0 Å². The summed E-state index contributed by atoms with van der Waals surface area (Å²) in [5.74, 6) is 3.03. The van der Waals surface area contributed by atoms with Gasteiger partial charge in [-0.25, -0.2) is 0 Å². The summed E-state index contributed by atoms with van der Waals surface area (Å²) in [6, 6.07) is 3.29. The van der Waals surface area contributed by atoms with Gasteiger partial charge in [-0.15, -0.1) is 0 Å². The zero-order valence-electron chi connectivity index (χ0n) is 11.6. The quantitative estimate of drug-likeness (QED) is 0.517. The molecule has 0 saturated heterocycles. The van der Waals surface area contributed by atoms with Crippen molar-refractivity contribution in [2.24, 2.45) is 4.99 Å². The third-order valence-electron chi connectivity index (χ3n) is 3.96. The fraction of sp³-hybridized carbons (Fsp3) is 0.533. The molecule has 0 aromatic rings. The monoisotopic (exact) mass is 272 g/mol. The average Bonchev–Trinajstić information content (AvgIpc) is 2.67. The molecule has 5 heteroatoms. The van der Waals surface area contributed by atoms with Crippen LogP contribution < -0.4 is 10.7 Å². The van der Waals surface area contributed by atoms with Crippen molar-refractivity contribution in [1.29, 1.82) is 0 Å². The smallest absolute Gasteiger partial charge is 0.101 e. The minimum absolute atomic E-state index is 0.0187. The molecule has 3 heterocycles. The van der Waals surface area contributed by atoms with Crippen molar-refractivity contribution in [2.75, 3.05) is 6.54 Å². The lowest BCUT2D eigenvalue weighted by atomic mass is 9.99. The number of nitrogens with one attached hydrogen (secondary N) is 2. The molecule has 0 fully saturated rings. The number of fused-ring (bicyclic) bond motifs is 1. The zero-order chi connectivity index (χ0) is 13.9. The second kappa shape index (κ2) is 5.59. The first-order valence-electron chi connectivity index (χ1n) is 7.16. The molecule has 0 radical (unpaired) electrons. The van der Waals surface area contributed by atoms with E-state index in [1.807, 2.05) is 6.92 Å². The molecular formula is C15H20N4O. The molecule has 3 unspecified atom stereocenters. The molecule has 0 bridgehead atoms. The molecule has 106 valence electrons. The fourth-order valence-corrected chi connectivity index (χ4v) is 2.95. The maximum absolute atomic E-state index is 10.3. The largest absolute Gasteiger partial charge is 0.389 e. The number of allylic oxidation sites excluding steroid dienone is 1. The molecule has 0 aromatic heterocycles. The van der Waals surface area contributed by atoms with Crippen LogP contribution in [0.5, 0.6) is 0 Å². The third kappa shape index (κ3) is 2.27. The fourth-order valence-electron chi connectivity index (χ4n) is 2.95. The van der Waals surface area contributed by atoms with Crippen LogP contribution in [0.4, 0.5) is 0 Å². The number of hydrazine groups is 1. The number of aliphatic hydroxyl groups excluding tert-OH is 1. The first-order valence-corrected chi connectivity index (χ1v) is 7.16. The second-order valence-electron chi connectivity index (χ2n) is 5.24. The van der Waals surface area contributed by atoms with Crippen molar-refractivity contribution in [3.63, 3.8) is 0 Å². The highest BCUT2D eigenvalue weighted by molar-refractivity contribution is 5.56. The molecule has 3 atom stereocenters. The van der Waals surface area contributed by atoms with E-state index in [4.69, 9.17) is 0 Å². The van der Waals surface area contributed by atoms with Gasteiger partial charge in [-0.05, 0) is 18.4 Å². The van der Waals surface area contributed by atoms with Gasteiger partial charge in [0.05, 0.1) is 30.4 Å². The molecule has 0 spiro atoms.